The van der Waals surface area contributed by atoms with E-state index in [-0.39, 0.29) is 5.91 Å². The predicted octanol–water partition coefficient (Wildman–Crippen LogP) is 4.69. The zero-order chi connectivity index (χ0) is 18.8. The molecule has 0 atom stereocenters. The highest BCUT2D eigenvalue weighted by Crippen LogP contribution is 2.31. The van der Waals surface area contributed by atoms with Crippen molar-refractivity contribution >= 4 is 34.0 Å². The van der Waals surface area contributed by atoms with Crippen molar-refractivity contribution in [3.8, 4) is 5.75 Å². The van der Waals surface area contributed by atoms with Crippen LogP contribution in [-0.2, 0) is 11.2 Å². The summed E-state index contributed by atoms with van der Waals surface area (Å²) in [7, 11) is 1.64. The van der Waals surface area contributed by atoms with Gasteiger partial charge in [0, 0.05) is 40.8 Å². The normalized spacial score (nSPS) is 14.3. The first-order valence-electron chi connectivity index (χ1n) is 9.01. The third-order valence-electron chi connectivity index (χ3n) is 5.07. The largest absolute Gasteiger partial charge is 0.497 e. The van der Waals surface area contributed by atoms with Crippen LogP contribution >= 0.6 is 11.6 Å². The van der Waals surface area contributed by atoms with Gasteiger partial charge >= 0.3 is 0 Å². The Morgan fingerprint density at radius 3 is 2.74 bits per heavy atom. The third-order valence-corrected chi connectivity index (χ3v) is 5.30. The van der Waals surface area contributed by atoms with Gasteiger partial charge in [-0.3, -0.25) is 4.79 Å². The van der Waals surface area contributed by atoms with Gasteiger partial charge in [-0.05, 0) is 47.9 Å². The van der Waals surface area contributed by atoms with Crippen molar-refractivity contribution in [1.29, 1.82) is 0 Å². The molecular weight excluding hydrogens is 360 g/mol. The molecule has 1 aromatic heterocycles. The summed E-state index contributed by atoms with van der Waals surface area (Å²) in [5.74, 6) is 0.952. The van der Waals surface area contributed by atoms with Crippen LogP contribution in [0.5, 0.6) is 5.75 Å². The van der Waals surface area contributed by atoms with Gasteiger partial charge in [-0.2, -0.15) is 0 Å². The van der Waals surface area contributed by atoms with Crippen LogP contribution in [0.2, 0.25) is 5.02 Å². The van der Waals surface area contributed by atoms with E-state index in [1.807, 2.05) is 53.6 Å². The smallest absolute Gasteiger partial charge is 0.227 e. The van der Waals surface area contributed by atoms with E-state index in [0.717, 1.165) is 40.2 Å². The van der Waals surface area contributed by atoms with Crippen molar-refractivity contribution in [1.82, 2.24) is 9.88 Å². The fraction of sp³-hybridized carbons (Fsp3) is 0.227. The van der Waals surface area contributed by atoms with E-state index in [0.29, 0.717) is 13.0 Å². The van der Waals surface area contributed by atoms with Crippen LogP contribution in [0.4, 0.5) is 0 Å². The number of nitrogens with zero attached hydrogens (tertiary/aromatic N) is 1. The number of nitrogens with one attached hydrogen (secondary N) is 1. The highest BCUT2D eigenvalue weighted by Gasteiger charge is 2.19. The molecule has 1 amide bonds. The molecule has 138 valence electrons. The standard InChI is InChI=1S/C22H21ClN2O2/c1-27-18-5-2-15(3-6-18)12-22(26)25-10-8-16(9-11-25)20-14-24-21-7-4-17(23)13-19(20)21/h2-8,13-14,24H,9-12H2,1H3. The van der Waals surface area contributed by atoms with Gasteiger partial charge in [-0.15, -0.1) is 0 Å². The van der Waals surface area contributed by atoms with Gasteiger partial charge < -0.3 is 14.6 Å². The summed E-state index contributed by atoms with van der Waals surface area (Å²) < 4.78 is 5.16. The summed E-state index contributed by atoms with van der Waals surface area (Å²) in [6.07, 6.45) is 5.43. The van der Waals surface area contributed by atoms with Crippen LogP contribution in [-0.4, -0.2) is 36.0 Å². The molecule has 1 N–H and O–H groups in total. The van der Waals surface area contributed by atoms with Crippen LogP contribution in [0.15, 0.2) is 54.7 Å². The number of methoxy groups -OCH3 is 1. The van der Waals surface area contributed by atoms with Crippen molar-refractivity contribution in [2.75, 3.05) is 20.2 Å². The molecule has 0 aliphatic carbocycles. The summed E-state index contributed by atoms with van der Waals surface area (Å²) in [4.78, 5) is 17.8. The van der Waals surface area contributed by atoms with Gasteiger partial charge in [-0.1, -0.05) is 29.8 Å². The number of aromatic amines is 1. The number of rotatable bonds is 4. The zero-order valence-corrected chi connectivity index (χ0v) is 15.9. The second kappa shape index (κ2) is 7.49. The molecule has 0 saturated carbocycles. The molecule has 0 spiro atoms. The van der Waals surface area contributed by atoms with Crippen LogP contribution in [0.1, 0.15) is 17.5 Å². The monoisotopic (exact) mass is 380 g/mol. The number of carbonyl (C=O) groups is 1. The van der Waals surface area contributed by atoms with Gasteiger partial charge in [0.1, 0.15) is 5.75 Å². The lowest BCUT2D eigenvalue weighted by Crippen LogP contribution is -2.35. The number of hydrogen-bond donors (Lipinski definition) is 1. The molecule has 27 heavy (non-hydrogen) atoms. The fourth-order valence-electron chi connectivity index (χ4n) is 3.53. The first kappa shape index (κ1) is 17.7. The number of amides is 1. The van der Waals surface area contributed by atoms with E-state index >= 15 is 0 Å². The molecule has 0 fully saturated rings. The number of fused-ring (bicyclic) bond motifs is 1. The first-order chi connectivity index (χ1) is 13.1. The van der Waals surface area contributed by atoms with E-state index in [1.165, 1.54) is 11.1 Å². The Kier molecular flexibility index (Phi) is 4.90. The Balaban J connectivity index is 1.45. The SMILES string of the molecule is COc1ccc(CC(=O)N2CC=C(c3c[nH]c4ccc(Cl)cc34)CC2)cc1. The van der Waals surface area contributed by atoms with Gasteiger partial charge in [-0.25, -0.2) is 0 Å². The highest BCUT2D eigenvalue weighted by molar-refractivity contribution is 6.31. The quantitative estimate of drug-likeness (QED) is 0.713. The average Bonchev–Trinajstić information content (AvgIpc) is 3.11. The molecule has 0 radical (unpaired) electrons. The molecule has 5 heteroatoms. The summed E-state index contributed by atoms with van der Waals surface area (Å²) >= 11 is 6.15. The summed E-state index contributed by atoms with van der Waals surface area (Å²) in [6.45, 7) is 1.37. The number of aromatic nitrogens is 1. The van der Waals surface area contributed by atoms with E-state index < -0.39 is 0 Å². The lowest BCUT2D eigenvalue weighted by atomic mass is 9.98. The van der Waals surface area contributed by atoms with Crippen molar-refractivity contribution in [3.63, 3.8) is 0 Å². The maximum atomic E-state index is 12.6. The maximum Gasteiger partial charge on any atom is 0.227 e. The maximum absolute atomic E-state index is 12.6. The number of ether oxygens (including phenoxy) is 1. The lowest BCUT2D eigenvalue weighted by Gasteiger charge is -2.26. The number of H-pyrrole nitrogens is 1. The first-order valence-corrected chi connectivity index (χ1v) is 9.38. The molecule has 3 aromatic rings. The minimum atomic E-state index is 0.150. The molecule has 1 aliphatic rings. The van der Waals surface area contributed by atoms with Gasteiger partial charge in [0.15, 0.2) is 0 Å². The van der Waals surface area contributed by atoms with Crippen LogP contribution < -0.4 is 4.74 Å². The topological polar surface area (TPSA) is 45.3 Å². The van der Waals surface area contributed by atoms with Gasteiger partial charge in [0.2, 0.25) is 5.91 Å². The van der Waals surface area contributed by atoms with Crippen molar-refractivity contribution in [2.24, 2.45) is 0 Å². The highest BCUT2D eigenvalue weighted by atomic mass is 35.5. The molecular formula is C22H21ClN2O2. The van der Waals surface area contributed by atoms with E-state index in [1.54, 1.807) is 7.11 Å². The van der Waals surface area contributed by atoms with E-state index in [4.69, 9.17) is 16.3 Å². The Labute approximate surface area is 163 Å². The second-order valence-corrected chi connectivity index (χ2v) is 7.17. The molecule has 4 rings (SSSR count). The molecule has 4 nitrogen and oxygen atoms in total. The van der Waals surface area contributed by atoms with Crippen molar-refractivity contribution in [3.05, 3.63) is 70.9 Å². The minimum absolute atomic E-state index is 0.150. The number of halogens is 1. The number of carbonyl (C=O) groups excluding carboxylic acids is 1. The second-order valence-electron chi connectivity index (χ2n) is 6.74. The Hall–Kier alpha value is -2.72. The Bertz CT molecular complexity index is 1000. The average molecular weight is 381 g/mol. The van der Waals surface area contributed by atoms with Crippen LogP contribution in [0.25, 0.3) is 16.5 Å². The van der Waals surface area contributed by atoms with E-state index in [2.05, 4.69) is 11.1 Å². The lowest BCUT2D eigenvalue weighted by molar-refractivity contribution is -0.130. The molecule has 2 aromatic carbocycles. The molecule has 2 heterocycles. The number of benzene rings is 2. The van der Waals surface area contributed by atoms with E-state index in [9.17, 15) is 4.79 Å². The zero-order valence-electron chi connectivity index (χ0n) is 15.2. The fourth-order valence-corrected chi connectivity index (χ4v) is 3.70. The summed E-state index contributed by atoms with van der Waals surface area (Å²) in [5.41, 5.74) is 4.52. The Morgan fingerprint density at radius 1 is 1.22 bits per heavy atom. The summed E-state index contributed by atoms with van der Waals surface area (Å²) in [6, 6.07) is 13.5. The van der Waals surface area contributed by atoms with Crippen LogP contribution in [0, 0.1) is 0 Å². The minimum Gasteiger partial charge on any atom is -0.497 e. The van der Waals surface area contributed by atoms with Gasteiger partial charge in [0.05, 0.1) is 13.5 Å². The van der Waals surface area contributed by atoms with Gasteiger partial charge in [0.25, 0.3) is 0 Å². The third kappa shape index (κ3) is 3.71. The van der Waals surface area contributed by atoms with Crippen molar-refractivity contribution in [2.45, 2.75) is 12.8 Å². The molecule has 0 unspecified atom stereocenters. The molecule has 0 saturated heterocycles. The predicted molar refractivity (Wildman–Crippen MR) is 109 cm³/mol. The summed E-state index contributed by atoms with van der Waals surface area (Å²) in [5, 5.41) is 1.86. The molecule has 1 aliphatic heterocycles. The van der Waals surface area contributed by atoms with Crippen LogP contribution in [0.3, 0.4) is 0 Å². The number of hydrogen-bond acceptors (Lipinski definition) is 2. The Morgan fingerprint density at radius 2 is 2.04 bits per heavy atom. The molecule has 0 bridgehead atoms. The van der Waals surface area contributed by atoms with Crippen molar-refractivity contribution < 1.29 is 9.53 Å².